The molecule has 1 heterocycles. The predicted octanol–water partition coefficient (Wildman–Crippen LogP) is 4.43. The van der Waals surface area contributed by atoms with E-state index in [-0.39, 0.29) is 11.9 Å². The monoisotopic (exact) mass is 335 g/mol. The third-order valence-corrected chi connectivity index (χ3v) is 3.62. The molecule has 3 nitrogen and oxygen atoms in total. The molecule has 0 saturated heterocycles. The van der Waals surface area contributed by atoms with E-state index in [1.54, 1.807) is 13.1 Å². The van der Waals surface area contributed by atoms with Crippen molar-refractivity contribution >= 4 is 5.78 Å². The quantitative estimate of drug-likeness (QED) is 0.733. The van der Waals surface area contributed by atoms with Gasteiger partial charge in [0.2, 0.25) is 5.88 Å². The summed E-state index contributed by atoms with van der Waals surface area (Å²) in [5, 5.41) is 0. The van der Waals surface area contributed by atoms with Crippen LogP contribution in [0.15, 0.2) is 42.6 Å². The minimum atomic E-state index is 0.0913. The molecular weight excluding hydrogens is 310 g/mol. The van der Waals surface area contributed by atoms with Crippen molar-refractivity contribution in [2.75, 3.05) is 0 Å². The summed E-state index contributed by atoms with van der Waals surface area (Å²) in [6.45, 7) is 7.69. The average molecular weight is 335 g/mol. The van der Waals surface area contributed by atoms with Gasteiger partial charge in [-0.2, -0.15) is 0 Å². The lowest BCUT2D eigenvalue weighted by molar-refractivity contribution is -0.117. The number of nitrogens with zero attached hydrogens (tertiary/aromatic N) is 1. The molecule has 25 heavy (non-hydrogen) atoms. The van der Waals surface area contributed by atoms with Crippen LogP contribution in [0, 0.1) is 17.8 Å². The maximum atomic E-state index is 11.2. The molecule has 0 aliphatic carbocycles. The lowest BCUT2D eigenvalue weighted by Gasteiger charge is -2.09. The van der Waals surface area contributed by atoms with Crippen LogP contribution in [0.4, 0.5) is 0 Å². The van der Waals surface area contributed by atoms with Crippen molar-refractivity contribution in [1.29, 1.82) is 0 Å². The average Bonchev–Trinajstić information content (AvgIpc) is 2.53. The molecule has 3 heteroatoms. The number of pyridine rings is 1. The summed E-state index contributed by atoms with van der Waals surface area (Å²) in [6, 6.07) is 11.9. The molecule has 0 radical (unpaired) electrons. The van der Waals surface area contributed by atoms with E-state index in [0.29, 0.717) is 18.2 Å². The molecule has 0 fully saturated rings. The zero-order valence-electron chi connectivity index (χ0n) is 15.4. The fraction of sp³-hybridized carbons (Fsp3) is 0.364. The Bertz CT molecular complexity index is 767. The number of hydrogen-bond donors (Lipinski definition) is 0. The van der Waals surface area contributed by atoms with E-state index in [4.69, 9.17) is 4.74 Å². The summed E-state index contributed by atoms with van der Waals surface area (Å²) < 4.78 is 5.58. The summed E-state index contributed by atoms with van der Waals surface area (Å²) >= 11 is 0. The molecule has 0 amide bonds. The Labute approximate surface area is 150 Å². The van der Waals surface area contributed by atoms with Gasteiger partial charge in [-0.25, -0.2) is 4.98 Å². The molecule has 2 rings (SSSR count). The second-order valence-corrected chi connectivity index (χ2v) is 6.71. The first-order chi connectivity index (χ1) is 11.9. The first-order valence-corrected chi connectivity index (χ1v) is 8.65. The summed E-state index contributed by atoms with van der Waals surface area (Å²) in [5.74, 6) is 7.52. The van der Waals surface area contributed by atoms with Gasteiger partial charge >= 0.3 is 0 Å². The fourth-order valence-electron chi connectivity index (χ4n) is 2.63. The molecule has 1 aromatic carbocycles. The molecule has 1 atom stereocenters. The maximum absolute atomic E-state index is 11.2. The third kappa shape index (κ3) is 6.81. The van der Waals surface area contributed by atoms with Crippen LogP contribution in [0.25, 0.3) is 0 Å². The number of ether oxygens (including phenoxy) is 1. The minimum absolute atomic E-state index is 0.0913. The second-order valence-electron chi connectivity index (χ2n) is 6.71. The first kappa shape index (κ1) is 18.7. The molecule has 0 aliphatic rings. The molecule has 1 aromatic heterocycles. The number of ketones is 1. The van der Waals surface area contributed by atoms with Gasteiger partial charge in [-0.15, -0.1) is 0 Å². The molecule has 1 unspecified atom stereocenters. The Morgan fingerprint density at radius 3 is 2.40 bits per heavy atom. The Balaban J connectivity index is 2.02. The van der Waals surface area contributed by atoms with Crippen LogP contribution < -0.4 is 4.74 Å². The topological polar surface area (TPSA) is 39.2 Å². The lowest BCUT2D eigenvalue weighted by Crippen LogP contribution is -2.06. The molecule has 0 saturated carbocycles. The number of Topliss-reactive ketones (excluding diaryl/α,β-unsaturated/α-hetero) is 1. The highest BCUT2D eigenvalue weighted by Crippen LogP contribution is 2.14. The number of carbonyl (C=O) groups is 1. The lowest BCUT2D eigenvalue weighted by atomic mass is 9.96. The Morgan fingerprint density at radius 2 is 1.76 bits per heavy atom. The Kier molecular flexibility index (Phi) is 6.77. The van der Waals surface area contributed by atoms with Crippen LogP contribution in [-0.2, 0) is 11.2 Å². The van der Waals surface area contributed by atoms with Gasteiger partial charge in [-0.3, -0.25) is 0 Å². The van der Waals surface area contributed by atoms with Gasteiger partial charge in [0.05, 0.1) is 6.10 Å². The van der Waals surface area contributed by atoms with Crippen LogP contribution in [0.3, 0.4) is 0 Å². The number of rotatable bonds is 6. The van der Waals surface area contributed by atoms with E-state index in [1.807, 2.05) is 38.1 Å². The normalized spacial score (nSPS) is 11.6. The van der Waals surface area contributed by atoms with E-state index >= 15 is 0 Å². The SMILES string of the molecule is CC(=O)CC(C)Cc1ccc(C#Cc2ccnc(OC(C)C)c2)cc1. The molecular formula is C22H25NO2. The van der Waals surface area contributed by atoms with Crippen molar-refractivity contribution in [3.63, 3.8) is 0 Å². The largest absolute Gasteiger partial charge is 0.475 e. The highest BCUT2D eigenvalue weighted by atomic mass is 16.5. The van der Waals surface area contributed by atoms with Gasteiger partial charge in [-0.1, -0.05) is 30.9 Å². The van der Waals surface area contributed by atoms with Gasteiger partial charge in [0.25, 0.3) is 0 Å². The standard InChI is InChI=1S/C22H25NO2/c1-16(2)25-22-15-21(11-12-23-22)10-7-19-5-8-20(9-6-19)14-17(3)13-18(4)24/h5-6,8-9,11-12,15-17H,13-14H2,1-4H3. The van der Waals surface area contributed by atoms with Crippen LogP contribution in [-0.4, -0.2) is 16.9 Å². The van der Waals surface area contributed by atoms with Gasteiger partial charge in [0.1, 0.15) is 5.78 Å². The van der Waals surface area contributed by atoms with Crippen molar-refractivity contribution in [2.45, 2.75) is 46.6 Å². The van der Waals surface area contributed by atoms with Crippen molar-refractivity contribution in [3.8, 4) is 17.7 Å². The number of benzene rings is 1. The third-order valence-electron chi connectivity index (χ3n) is 3.62. The second kappa shape index (κ2) is 9.03. The van der Waals surface area contributed by atoms with Gasteiger partial charge in [-0.05, 0) is 56.9 Å². The van der Waals surface area contributed by atoms with E-state index < -0.39 is 0 Å². The molecule has 0 bridgehead atoms. The van der Waals surface area contributed by atoms with Crippen LogP contribution in [0.2, 0.25) is 0 Å². The van der Waals surface area contributed by atoms with E-state index in [0.717, 1.165) is 17.5 Å². The van der Waals surface area contributed by atoms with E-state index in [2.05, 4.69) is 35.9 Å². The Morgan fingerprint density at radius 1 is 1.08 bits per heavy atom. The minimum Gasteiger partial charge on any atom is -0.475 e. The Hall–Kier alpha value is -2.60. The number of carbonyl (C=O) groups excluding carboxylic acids is 1. The van der Waals surface area contributed by atoms with Gasteiger partial charge in [0, 0.05) is 29.8 Å². The molecule has 0 N–H and O–H groups in total. The summed E-state index contributed by atoms with van der Waals surface area (Å²) in [7, 11) is 0. The smallest absolute Gasteiger partial charge is 0.214 e. The van der Waals surface area contributed by atoms with Gasteiger partial charge < -0.3 is 9.53 Å². The van der Waals surface area contributed by atoms with Crippen molar-refractivity contribution < 1.29 is 9.53 Å². The summed E-state index contributed by atoms with van der Waals surface area (Å²) in [6.07, 6.45) is 3.34. The molecule has 0 spiro atoms. The van der Waals surface area contributed by atoms with Crippen molar-refractivity contribution in [3.05, 3.63) is 59.3 Å². The predicted molar refractivity (Wildman–Crippen MR) is 101 cm³/mol. The first-order valence-electron chi connectivity index (χ1n) is 8.65. The van der Waals surface area contributed by atoms with E-state index in [9.17, 15) is 4.79 Å². The van der Waals surface area contributed by atoms with Crippen LogP contribution in [0.5, 0.6) is 5.88 Å². The maximum Gasteiger partial charge on any atom is 0.214 e. The van der Waals surface area contributed by atoms with E-state index in [1.165, 1.54) is 5.56 Å². The van der Waals surface area contributed by atoms with Gasteiger partial charge in [0.15, 0.2) is 0 Å². The van der Waals surface area contributed by atoms with Crippen LogP contribution in [0.1, 0.15) is 50.8 Å². The summed E-state index contributed by atoms with van der Waals surface area (Å²) in [5.41, 5.74) is 3.08. The highest BCUT2D eigenvalue weighted by Gasteiger charge is 2.06. The zero-order valence-corrected chi connectivity index (χ0v) is 15.4. The molecule has 0 aliphatic heterocycles. The molecule has 130 valence electrons. The number of aromatic nitrogens is 1. The van der Waals surface area contributed by atoms with Crippen molar-refractivity contribution in [1.82, 2.24) is 4.98 Å². The number of hydrogen-bond acceptors (Lipinski definition) is 3. The zero-order chi connectivity index (χ0) is 18.2. The van der Waals surface area contributed by atoms with Crippen molar-refractivity contribution in [2.24, 2.45) is 5.92 Å². The highest BCUT2D eigenvalue weighted by molar-refractivity contribution is 5.75. The fourth-order valence-corrected chi connectivity index (χ4v) is 2.63. The molecule has 2 aromatic rings. The van der Waals surface area contributed by atoms with Crippen LogP contribution >= 0.6 is 0 Å². The summed E-state index contributed by atoms with van der Waals surface area (Å²) in [4.78, 5) is 15.3.